The van der Waals surface area contributed by atoms with Gasteiger partial charge >= 0.3 is 0 Å². The average Bonchev–Trinajstić information content (AvgIpc) is 2.85. The van der Waals surface area contributed by atoms with E-state index in [1.807, 2.05) is 5.32 Å². The molecule has 3 rings (SSSR count). The molecule has 0 spiro atoms. The number of carbonyl (C=O) groups is 3. The molecule has 0 bridgehead atoms. The maximum absolute atomic E-state index is 13.9. The molecule has 7 nitrogen and oxygen atoms in total. The third kappa shape index (κ3) is 1.98. The van der Waals surface area contributed by atoms with Crippen LogP contribution in [0.4, 0.5) is 10.1 Å². The Morgan fingerprint density at radius 3 is 2.52 bits per heavy atom. The Morgan fingerprint density at radius 2 is 1.91 bits per heavy atom. The van der Waals surface area contributed by atoms with Gasteiger partial charge in [-0.2, -0.15) is 0 Å². The lowest BCUT2D eigenvalue weighted by molar-refractivity contribution is -0.167. The molecule has 1 aromatic carbocycles. The highest BCUT2D eigenvalue weighted by molar-refractivity contribution is 6.43. The fourth-order valence-electron chi connectivity index (χ4n) is 2.85. The first-order chi connectivity index (χ1) is 10.7. The molecule has 1 fully saturated rings. The highest BCUT2D eigenvalue weighted by Gasteiger charge is 2.51. The van der Waals surface area contributed by atoms with Crippen LogP contribution in [0, 0.1) is 5.82 Å². The van der Waals surface area contributed by atoms with E-state index in [9.17, 15) is 23.9 Å². The van der Waals surface area contributed by atoms with E-state index in [0.717, 1.165) is 4.90 Å². The molecule has 2 aliphatic rings. The molecule has 2 aliphatic heterocycles. The summed E-state index contributed by atoms with van der Waals surface area (Å²) in [7, 11) is 11.1. The van der Waals surface area contributed by atoms with Crippen molar-refractivity contribution in [2.45, 2.75) is 25.1 Å². The molecule has 23 heavy (non-hydrogen) atoms. The van der Waals surface area contributed by atoms with E-state index in [2.05, 4.69) is 0 Å². The molecule has 4 N–H and O–H groups in total. The standard InChI is InChI=1S/C13H10B2FN3O4/c14-7-6-4(10(17)8(15)9(7)16)3-19(11(6)21)13(23)2-1-5(20)18-12(13)22/h23H,1-3,17H2,(H,18,20,22). The Morgan fingerprint density at radius 1 is 1.26 bits per heavy atom. The van der Waals surface area contributed by atoms with Gasteiger partial charge in [0.2, 0.25) is 11.6 Å². The number of imide groups is 1. The van der Waals surface area contributed by atoms with E-state index in [-0.39, 0.29) is 36.2 Å². The smallest absolute Gasteiger partial charge is 0.279 e. The molecule has 1 unspecified atom stereocenters. The van der Waals surface area contributed by atoms with Crippen LogP contribution in [0.15, 0.2) is 0 Å². The summed E-state index contributed by atoms with van der Waals surface area (Å²) in [6, 6.07) is 0. The van der Waals surface area contributed by atoms with Gasteiger partial charge in [-0.3, -0.25) is 24.6 Å². The number of carbonyl (C=O) groups excluding carboxylic acids is 3. The molecule has 0 saturated carbocycles. The summed E-state index contributed by atoms with van der Waals surface area (Å²) < 4.78 is 13.9. The molecule has 1 aromatic rings. The van der Waals surface area contributed by atoms with E-state index in [0.29, 0.717) is 0 Å². The van der Waals surface area contributed by atoms with Crippen LogP contribution in [-0.2, 0) is 16.1 Å². The SMILES string of the molecule is [B]c1c(N)c2c(c([B])c1F)C(=O)N(C1(O)CCC(=O)NC1=O)C2. The van der Waals surface area contributed by atoms with Crippen LogP contribution in [0.2, 0.25) is 0 Å². The van der Waals surface area contributed by atoms with E-state index < -0.39 is 40.2 Å². The summed E-state index contributed by atoms with van der Waals surface area (Å²) in [5, 5.41) is 12.5. The molecule has 1 saturated heterocycles. The zero-order valence-corrected chi connectivity index (χ0v) is 11.9. The van der Waals surface area contributed by atoms with Crippen LogP contribution in [0.5, 0.6) is 0 Å². The monoisotopic (exact) mass is 313 g/mol. The Hall–Kier alpha value is -2.35. The van der Waals surface area contributed by atoms with Gasteiger partial charge < -0.3 is 10.8 Å². The largest absolute Gasteiger partial charge is 0.399 e. The molecule has 0 aliphatic carbocycles. The molecule has 2 heterocycles. The number of hydrogen-bond acceptors (Lipinski definition) is 5. The third-order valence-electron chi connectivity index (χ3n) is 4.20. The lowest BCUT2D eigenvalue weighted by Gasteiger charge is -2.37. The highest BCUT2D eigenvalue weighted by atomic mass is 19.1. The van der Waals surface area contributed by atoms with E-state index in [1.54, 1.807) is 0 Å². The number of anilines is 1. The van der Waals surface area contributed by atoms with Crippen molar-refractivity contribution in [1.29, 1.82) is 0 Å². The van der Waals surface area contributed by atoms with Crippen molar-refractivity contribution < 1.29 is 23.9 Å². The third-order valence-corrected chi connectivity index (χ3v) is 4.20. The predicted octanol–water partition coefficient (Wildman–Crippen LogP) is -2.92. The summed E-state index contributed by atoms with van der Waals surface area (Å²) in [5.74, 6) is -3.46. The normalized spacial score (nSPS) is 23.9. The van der Waals surface area contributed by atoms with Gasteiger partial charge in [0.25, 0.3) is 11.8 Å². The predicted molar refractivity (Wildman–Crippen MR) is 78.8 cm³/mol. The number of piperidine rings is 1. The molecule has 4 radical (unpaired) electrons. The fraction of sp³-hybridized carbons (Fsp3) is 0.308. The Bertz CT molecular complexity index is 785. The summed E-state index contributed by atoms with van der Waals surface area (Å²) in [6.07, 6.45) is -0.432. The summed E-state index contributed by atoms with van der Waals surface area (Å²) in [6.45, 7) is -0.271. The number of aliphatic hydroxyl groups is 1. The Labute approximate surface area is 132 Å². The first-order valence-electron chi connectivity index (χ1n) is 6.72. The number of rotatable bonds is 1. The van der Waals surface area contributed by atoms with Crippen LogP contribution >= 0.6 is 0 Å². The summed E-state index contributed by atoms with van der Waals surface area (Å²) in [5.41, 5.74) is 2.34. The number of nitrogens with one attached hydrogen (secondary N) is 1. The number of benzene rings is 1. The second kappa shape index (κ2) is 4.82. The van der Waals surface area contributed by atoms with Crippen molar-refractivity contribution in [3.8, 4) is 0 Å². The van der Waals surface area contributed by atoms with E-state index in [4.69, 9.17) is 21.4 Å². The fourth-order valence-corrected chi connectivity index (χ4v) is 2.85. The number of fused-ring (bicyclic) bond motifs is 1. The van der Waals surface area contributed by atoms with Crippen molar-refractivity contribution in [3.63, 3.8) is 0 Å². The molecule has 10 heteroatoms. The van der Waals surface area contributed by atoms with Gasteiger partial charge in [0.15, 0.2) is 0 Å². The van der Waals surface area contributed by atoms with Gasteiger partial charge in [-0.1, -0.05) is 0 Å². The van der Waals surface area contributed by atoms with Crippen molar-refractivity contribution in [2.24, 2.45) is 0 Å². The van der Waals surface area contributed by atoms with E-state index in [1.165, 1.54) is 0 Å². The number of nitrogen functional groups attached to an aromatic ring is 1. The first-order valence-corrected chi connectivity index (χ1v) is 6.72. The van der Waals surface area contributed by atoms with E-state index >= 15 is 0 Å². The number of halogens is 1. The number of amides is 3. The zero-order valence-electron chi connectivity index (χ0n) is 11.9. The Kier molecular flexibility index (Phi) is 3.26. The van der Waals surface area contributed by atoms with Gasteiger partial charge in [-0.25, -0.2) is 4.39 Å². The van der Waals surface area contributed by atoms with Gasteiger partial charge in [-0.05, 0) is 10.9 Å². The molecule has 1 atom stereocenters. The summed E-state index contributed by atoms with van der Waals surface area (Å²) >= 11 is 0. The second-order valence-electron chi connectivity index (χ2n) is 5.49. The quantitative estimate of drug-likeness (QED) is 0.292. The molecule has 0 aromatic heterocycles. The van der Waals surface area contributed by atoms with Crippen molar-refractivity contribution >= 4 is 50.0 Å². The highest BCUT2D eigenvalue weighted by Crippen LogP contribution is 2.34. The molecule has 3 amide bonds. The van der Waals surface area contributed by atoms with Gasteiger partial charge in [-0.15, -0.1) is 0 Å². The number of nitrogens with zero attached hydrogens (tertiary/aromatic N) is 1. The van der Waals surface area contributed by atoms with Crippen LogP contribution < -0.4 is 22.0 Å². The van der Waals surface area contributed by atoms with Crippen LogP contribution in [0.1, 0.15) is 28.8 Å². The van der Waals surface area contributed by atoms with Crippen molar-refractivity contribution in [3.05, 3.63) is 16.9 Å². The maximum atomic E-state index is 13.9. The number of hydrogen-bond donors (Lipinski definition) is 3. The van der Waals surface area contributed by atoms with Crippen LogP contribution in [0.25, 0.3) is 0 Å². The minimum atomic E-state index is -2.24. The molecular weight excluding hydrogens is 303 g/mol. The zero-order chi connectivity index (χ0) is 17.1. The lowest BCUT2D eigenvalue weighted by Crippen LogP contribution is -2.63. The van der Waals surface area contributed by atoms with Gasteiger partial charge in [0.05, 0.1) is 6.54 Å². The van der Waals surface area contributed by atoms with Gasteiger partial charge in [0, 0.05) is 29.7 Å². The first kappa shape index (κ1) is 15.5. The van der Waals surface area contributed by atoms with Crippen LogP contribution in [0.3, 0.4) is 0 Å². The topological polar surface area (TPSA) is 113 Å². The maximum Gasteiger partial charge on any atom is 0.279 e. The summed E-state index contributed by atoms with van der Waals surface area (Å²) in [4.78, 5) is 36.5. The average molecular weight is 313 g/mol. The number of nitrogens with two attached hydrogens (primary N) is 1. The minimum Gasteiger partial charge on any atom is -0.399 e. The molecular formula is C13H10B2FN3O4. The van der Waals surface area contributed by atoms with Crippen molar-refractivity contribution in [1.82, 2.24) is 10.2 Å². The Balaban J connectivity index is 2.08. The molecule has 114 valence electrons. The minimum absolute atomic E-state index is 0.143. The lowest BCUT2D eigenvalue weighted by atomic mass is 9.79. The van der Waals surface area contributed by atoms with Crippen molar-refractivity contribution in [2.75, 3.05) is 5.73 Å². The second-order valence-corrected chi connectivity index (χ2v) is 5.49. The van der Waals surface area contributed by atoms with Gasteiger partial charge in [0.1, 0.15) is 21.5 Å². The van der Waals surface area contributed by atoms with Crippen LogP contribution in [-0.4, -0.2) is 49.1 Å².